The van der Waals surface area contributed by atoms with Gasteiger partial charge in [-0.25, -0.2) is 0 Å². The van der Waals surface area contributed by atoms with Crippen molar-refractivity contribution in [1.82, 2.24) is 4.98 Å². The molecule has 0 N–H and O–H groups in total. The number of fused-ring (bicyclic) bond motifs is 1. The summed E-state index contributed by atoms with van der Waals surface area (Å²) in [6, 6.07) is 5.89. The van der Waals surface area contributed by atoms with Crippen molar-refractivity contribution in [3.8, 4) is 0 Å². The van der Waals surface area contributed by atoms with E-state index in [0.717, 1.165) is 18.0 Å². The minimum Gasteiger partial charge on any atom is -0.448 e. The van der Waals surface area contributed by atoms with Gasteiger partial charge in [0.05, 0.1) is 12.0 Å². The summed E-state index contributed by atoms with van der Waals surface area (Å²) in [5.74, 6) is 0.848. The number of allylic oxidation sites excluding steroid dienone is 2. The highest BCUT2D eigenvalue weighted by Crippen LogP contribution is 2.35. The Morgan fingerprint density at radius 1 is 1.38 bits per heavy atom. The molecule has 3 nitrogen and oxygen atoms in total. The molecule has 0 saturated carbocycles. The molecule has 0 saturated heterocycles. The van der Waals surface area contributed by atoms with E-state index >= 15 is 0 Å². The molecule has 2 aromatic heterocycles. The number of anilines is 2. The van der Waals surface area contributed by atoms with Crippen molar-refractivity contribution in [3.63, 3.8) is 0 Å². The molecule has 0 amide bonds. The van der Waals surface area contributed by atoms with Gasteiger partial charge < -0.3 is 4.42 Å². The Morgan fingerprint density at radius 2 is 2.31 bits per heavy atom. The number of pyridine rings is 1. The van der Waals surface area contributed by atoms with E-state index in [1.165, 1.54) is 11.3 Å². The maximum Gasteiger partial charge on any atom is 0.203 e. The monoisotopic (exact) mass is 212 g/mol. The van der Waals surface area contributed by atoms with Crippen LogP contribution in [0, 0.1) is 0 Å². The predicted octanol–water partition coefficient (Wildman–Crippen LogP) is 3.27. The van der Waals surface area contributed by atoms with Gasteiger partial charge in [-0.2, -0.15) is 0 Å². The molecule has 3 heteroatoms. The lowest BCUT2D eigenvalue weighted by Crippen LogP contribution is -2.19. The third kappa shape index (κ3) is 1.33. The van der Waals surface area contributed by atoms with Gasteiger partial charge in [-0.15, -0.1) is 0 Å². The average Bonchev–Trinajstić information content (AvgIpc) is 2.82. The fraction of sp³-hybridized carbons (Fsp3) is 0.154. The van der Waals surface area contributed by atoms with Crippen molar-refractivity contribution >= 4 is 11.6 Å². The van der Waals surface area contributed by atoms with Gasteiger partial charge in [0.15, 0.2) is 0 Å². The fourth-order valence-electron chi connectivity index (χ4n) is 2.02. The van der Waals surface area contributed by atoms with Crippen LogP contribution in [0.2, 0.25) is 0 Å². The molecular weight excluding hydrogens is 200 g/mol. The molecule has 0 aromatic carbocycles. The molecule has 0 bridgehead atoms. The van der Waals surface area contributed by atoms with Crippen molar-refractivity contribution in [2.24, 2.45) is 0 Å². The van der Waals surface area contributed by atoms with Gasteiger partial charge in [-0.05, 0) is 31.0 Å². The van der Waals surface area contributed by atoms with E-state index in [2.05, 4.69) is 22.9 Å². The molecule has 0 radical (unpaired) electrons. The molecule has 0 fully saturated rings. The zero-order chi connectivity index (χ0) is 11.0. The second kappa shape index (κ2) is 3.52. The maximum absolute atomic E-state index is 5.46. The van der Waals surface area contributed by atoms with E-state index in [9.17, 15) is 0 Å². The van der Waals surface area contributed by atoms with E-state index < -0.39 is 0 Å². The van der Waals surface area contributed by atoms with Crippen LogP contribution >= 0.6 is 0 Å². The SMILES string of the molecule is CC1=CCc2cnccc2N1c1ccco1. The summed E-state index contributed by atoms with van der Waals surface area (Å²) >= 11 is 0. The first-order valence-corrected chi connectivity index (χ1v) is 5.29. The van der Waals surface area contributed by atoms with Crippen molar-refractivity contribution in [3.05, 3.63) is 54.2 Å². The minimum atomic E-state index is 0.848. The Labute approximate surface area is 94.0 Å². The maximum atomic E-state index is 5.46. The molecule has 16 heavy (non-hydrogen) atoms. The van der Waals surface area contributed by atoms with Crippen molar-refractivity contribution in [1.29, 1.82) is 0 Å². The van der Waals surface area contributed by atoms with Gasteiger partial charge in [-0.1, -0.05) is 6.08 Å². The molecule has 0 aliphatic carbocycles. The molecule has 3 heterocycles. The van der Waals surface area contributed by atoms with Crippen LogP contribution < -0.4 is 4.90 Å². The number of hydrogen-bond acceptors (Lipinski definition) is 3. The molecule has 0 spiro atoms. The Bertz CT molecular complexity index is 529. The van der Waals surface area contributed by atoms with Crippen LogP contribution in [0.3, 0.4) is 0 Å². The molecule has 1 aliphatic heterocycles. The topological polar surface area (TPSA) is 29.3 Å². The van der Waals surface area contributed by atoms with Gasteiger partial charge in [0.2, 0.25) is 5.88 Å². The highest BCUT2D eigenvalue weighted by Gasteiger charge is 2.20. The Balaban J connectivity index is 2.15. The summed E-state index contributed by atoms with van der Waals surface area (Å²) < 4.78 is 5.46. The van der Waals surface area contributed by atoms with Crippen LogP contribution in [0.4, 0.5) is 11.6 Å². The summed E-state index contributed by atoms with van der Waals surface area (Å²) in [4.78, 5) is 6.26. The second-order valence-electron chi connectivity index (χ2n) is 3.84. The van der Waals surface area contributed by atoms with Crippen LogP contribution in [0.15, 0.2) is 53.0 Å². The van der Waals surface area contributed by atoms with Crippen molar-refractivity contribution in [2.45, 2.75) is 13.3 Å². The lowest BCUT2D eigenvalue weighted by atomic mass is 10.1. The van der Waals surface area contributed by atoms with Crippen LogP contribution in [0.5, 0.6) is 0 Å². The highest BCUT2D eigenvalue weighted by molar-refractivity contribution is 5.69. The lowest BCUT2D eigenvalue weighted by Gasteiger charge is -2.28. The summed E-state index contributed by atoms with van der Waals surface area (Å²) in [7, 11) is 0. The molecule has 0 atom stereocenters. The first-order valence-electron chi connectivity index (χ1n) is 5.29. The summed E-state index contributed by atoms with van der Waals surface area (Å²) in [5, 5.41) is 0. The van der Waals surface area contributed by atoms with Crippen molar-refractivity contribution in [2.75, 3.05) is 4.90 Å². The first-order chi connectivity index (χ1) is 7.86. The summed E-state index contributed by atoms with van der Waals surface area (Å²) in [5.41, 5.74) is 3.57. The standard InChI is InChI=1S/C13H12N2O/c1-10-4-5-11-9-14-7-6-12(11)15(10)13-3-2-8-16-13/h2-4,6-9H,5H2,1H3. The lowest BCUT2D eigenvalue weighted by molar-refractivity contribution is 0.569. The van der Waals surface area contributed by atoms with Gasteiger partial charge in [0, 0.05) is 24.2 Å². The summed E-state index contributed by atoms with van der Waals surface area (Å²) in [6.45, 7) is 2.09. The second-order valence-corrected chi connectivity index (χ2v) is 3.84. The smallest absolute Gasteiger partial charge is 0.203 e. The number of hydrogen-bond donors (Lipinski definition) is 0. The largest absolute Gasteiger partial charge is 0.448 e. The molecule has 0 unspecified atom stereocenters. The zero-order valence-corrected chi connectivity index (χ0v) is 9.05. The number of furan rings is 1. The van der Waals surface area contributed by atoms with E-state index in [0.29, 0.717) is 0 Å². The third-order valence-corrected chi connectivity index (χ3v) is 2.82. The number of rotatable bonds is 1. The third-order valence-electron chi connectivity index (χ3n) is 2.82. The fourth-order valence-corrected chi connectivity index (χ4v) is 2.02. The van der Waals surface area contributed by atoms with Gasteiger partial charge in [0.25, 0.3) is 0 Å². The molecule has 3 rings (SSSR count). The van der Waals surface area contributed by atoms with E-state index in [1.807, 2.05) is 30.6 Å². The first kappa shape index (κ1) is 9.21. The van der Waals surface area contributed by atoms with Crippen LogP contribution in [-0.4, -0.2) is 4.98 Å². The number of aromatic nitrogens is 1. The molecule has 80 valence electrons. The molecule has 2 aromatic rings. The normalized spacial score (nSPS) is 14.6. The highest BCUT2D eigenvalue weighted by atomic mass is 16.3. The van der Waals surface area contributed by atoms with Gasteiger partial charge in [-0.3, -0.25) is 9.88 Å². The average molecular weight is 212 g/mol. The van der Waals surface area contributed by atoms with Crippen LogP contribution in [0.1, 0.15) is 12.5 Å². The van der Waals surface area contributed by atoms with Gasteiger partial charge >= 0.3 is 0 Å². The van der Waals surface area contributed by atoms with Crippen LogP contribution in [-0.2, 0) is 6.42 Å². The Hall–Kier alpha value is -2.03. The van der Waals surface area contributed by atoms with E-state index in [-0.39, 0.29) is 0 Å². The summed E-state index contributed by atoms with van der Waals surface area (Å²) in [6.07, 6.45) is 8.54. The number of nitrogens with zero attached hydrogens (tertiary/aromatic N) is 2. The van der Waals surface area contributed by atoms with Crippen LogP contribution in [0.25, 0.3) is 0 Å². The minimum absolute atomic E-state index is 0.848. The predicted molar refractivity (Wildman–Crippen MR) is 62.5 cm³/mol. The quantitative estimate of drug-likeness (QED) is 0.726. The Morgan fingerprint density at radius 3 is 3.12 bits per heavy atom. The molecule has 1 aliphatic rings. The molecular formula is C13H12N2O. The van der Waals surface area contributed by atoms with Gasteiger partial charge in [0.1, 0.15) is 0 Å². The van der Waals surface area contributed by atoms with E-state index in [4.69, 9.17) is 4.42 Å². The van der Waals surface area contributed by atoms with Crippen molar-refractivity contribution < 1.29 is 4.42 Å². The Kier molecular flexibility index (Phi) is 2.03. The van der Waals surface area contributed by atoms with E-state index in [1.54, 1.807) is 6.26 Å². The zero-order valence-electron chi connectivity index (χ0n) is 9.05.